The summed E-state index contributed by atoms with van der Waals surface area (Å²) in [5.41, 5.74) is 2.88. The number of halogens is 2. The molecule has 0 aliphatic carbocycles. The Labute approximate surface area is 132 Å². The Morgan fingerprint density at radius 3 is 2.80 bits per heavy atom. The number of nitrogens with zero attached hydrogens (tertiary/aromatic N) is 2. The summed E-state index contributed by atoms with van der Waals surface area (Å²) >= 11 is 9.76. The van der Waals surface area contributed by atoms with Crippen LogP contribution < -0.4 is 10.1 Å². The number of hydrogen-bond acceptors (Lipinski definition) is 3. The Morgan fingerprint density at radius 1 is 1.45 bits per heavy atom. The third-order valence-electron chi connectivity index (χ3n) is 3.11. The van der Waals surface area contributed by atoms with Gasteiger partial charge in [0.05, 0.1) is 34.5 Å². The molecule has 1 N–H and O–H groups in total. The van der Waals surface area contributed by atoms with Crippen LogP contribution >= 0.6 is 27.5 Å². The molecule has 1 aromatic heterocycles. The van der Waals surface area contributed by atoms with Gasteiger partial charge < -0.3 is 10.1 Å². The summed E-state index contributed by atoms with van der Waals surface area (Å²) in [6, 6.07) is 5.87. The van der Waals surface area contributed by atoms with Gasteiger partial charge in [-0.05, 0) is 34.5 Å². The normalized spacial score (nSPS) is 10.7. The van der Waals surface area contributed by atoms with Crippen molar-refractivity contribution < 1.29 is 4.74 Å². The standard InChI is InChI=1S/C14H17BrClN3O/c1-4-11-14(16)12(19(2)18-11)8-17-9-5-6-10(15)13(7-9)20-3/h5-7,17H,4,8H2,1-3H3. The van der Waals surface area contributed by atoms with E-state index in [1.165, 1.54) is 0 Å². The Kier molecular flexibility index (Phi) is 4.94. The molecule has 0 atom stereocenters. The highest BCUT2D eigenvalue weighted by atomic mass is 79.9. The van der Waals surface area contributed by atoms with E-state index in [2.05, 4.69) is 26.3 Å². The molecule has 0 fully saturated rings. The predicted molar refractivity (Wildman–Crippen MR) is 85.6 cm³/mol. The van der Waals surface area contributed by atoms with Crippen LogP contribution in [0.4, 0.5) is 5.69 Å². The molecule has 0 saturated heterocycles. The molecule has 1 aromatic carbocycles. The van der Waals surface area contributed by atoms with Gasteiger partial charge in [0.15, 0.2) is 0 Å². The molecule has 108 valence electrons. The first-order valence-electron chi connectivity index (χ1n) is 6.34. The topological polar surface area (TPSA) is 39.1 Å². The third-order valence-corrected chi connectivity index (χ3v) is 4.21. The average molecular weight is 359 g/mol. The van der Waals surface area contributed by atoms with Crippen molar-refractivity contribution in [1.29, 1.82) is 0 Å². The molecule has 0 unspecified atom stereocenters. The van der Waals surface area contributed by atoms with Crippen LogP contribution in [0.25, 0.3) is 0 Å². The van der Waals surface area contributed by atoms with Crippen molar-refractivity contribution >= 4 is 33.2 Å². The maximum absolute atomic E-state index is 6.32. The second-order valence-corrected chi connectivity index (χ2v) is 5.62. The van der Waals surface area contributed by atoms with E-state index in [4.69, 9.17) is 16.3 Å². The number of benzene rings is 1. The second-order valence-electron chi connectivity index (χ2n) is 4.39. The molecule has 20 heavy (non-hydrogen) atoms. The Bertz CT molecular complexity index is 613. The van der Waals surface area contributed by atoms with E-state index in [0.717, 1.165) is 38.7 Å². The Morgan fingerprint density at radius 2 is 2.20 bits per heavy atom. The molecule has 4 nitrogen and oxygen atoms in total. The predicted octanol–water partition coefficient (Wildman–Crippen LogP) is 4.02. The summed E-state index contributed by atoms with van der Waals surface area (Å²) in [5.74, 6) is 0.792. The highest BCUT2D eigenvalue weighted by Gasteiger charge is 2.12. The lowest BCUT2D eigenvalue weighted by molar-refractivity contribution is 0.412. The van der Waals surface area contributed by atoms with E-state index < -0.39 is 0 Å². The summed E-state index contributed by atoms with van der Waals surface area (Å²) < 4.78 is 8.03. The van der Waals surface area contributed by atoms with E-state index in [-0.39, 0.29) is 0 Å². The molecule has 2 aromatic rings. The minimum atomic E-state index is 0.618. The molecule has 0 saturated carbocycles. The van der Waals surface area contributed by atoms with Crippen molar-refractivity contribution in [1.82, 2.24) is 9.78 Å². The van der Waals surface area contributed by atoms with E-state index >= 15 is 0 Å². The van der Waals surface area contributed by atoms with Gasteiger partial charge in [0.25, 0.3) is 0 Å². The Balaban J connectivity index is 2.15. The van der Waals surface area contributed by atoms with Gasteiger partial charge in [-0.3, -0.25) is 4.68 Å². The fraction of sp³-hybridized carbons (Fsp3) is 0.357. The zero-order valence-electron chi connectivity index (χ0n) is 11.7. The van der Waals surface area contributed by atoms with Gasteiger partial charge in [0.2, 0.25) is 0 Å². The highest BCUT2D eigenvalue weighted by molar-refractivity contribution is 9.10. The van der Waals surface area contributed by atoms with Crippen molar-refractivity contribution in [2.75, 3.05) is 12.4 Å². The van der Waals surface area contributed by atoms with Crippen LogP contribution in [0, 0.1) is 0 Å². The van der Waals surface area contributed by atoms with Gasteiger partial charge >= 0.3 is 0 Å². The highest BCUT2D eigenvalue weighted by Crippen LogP contribution is 2.28. The van der Waals surface area contributed by atoms with Gasteiger partial charge in [0.1, 0.15) is 5.75 Å². The lowest BCUT2D eigenvalue weighted by atomic mass is 10.2. The van der Waals surface area contributed by atoms with Crippen LogP contribution in [-0.4, -0.2) is 16.9 Å². The van der Waals surface area contributed by atoms with Crippen molar-refractivity contribution in [2.24, 2.45) is 7.05 Å². The summed E-state index contributed by atoms with van der Waals surface area (Å²) in [7, 11) is 3.56. The number of rotatable bonds is 5. The SMILES string of the molecule is CCc1nn(C)c(CNc2ccc(Br)c(OC)c2)c1Cl. The maximum Gasteiger partial charge on any atom is 0.135 e. The zero-order valence-corrected chi connectivity index (χ0v) is 14.0. The first-order chi connectivity index (χ1) is 9.56. The van der Waals surface area contributed by atoms with Gasteiger partial charge in [-0.1, -0.05) is 18.5 Å². The summed E-state index contributed by atoms with van der Waals surface area (Å²) in [6.45, 7) is 2.66. The molecule has 1 heterocycles. The molecule has 6 heteroatoms. The van der Waals surface area contributed by atoms with E-state index in [9.17, 15) is 0 Å². The molecule has 2 rings (SSSR count). The van der Waals surface area contributed by atoms with Crippen molar-refractivity contribution in [3.8, 4) is 5.75 Å². The molecular weight excluding hydrogens is 342 g/mol. The van der Waals surface area contributed by atoms with Gasteiger partial charge in [-0.15, -0.1) is 0 Å². The summed E-state index contributed by atoms with van der Waals surface area (Å²) in [5, 5.41) is 8.48. The number of ether oxygens (including phenoxy) is 1. The smallest absolute Gasteiger partial charge is 0.135 e. The molecular formula is C14H17BrClN3O. The number of hydrogen-bond donors (Lipinski definition) is 1. The minimum absolute atomic E-state index is 0.618. The van der Waals surface area contributed by atoms with Crippen LogP contribution in [0.15, 0.2) is 22.7 Å². The number of aromatic nitrogens is 2. The molecule has 0 amide bonds. The number of methoxy groups -OCH3 is 1. The fourth-order valence-corrected chi connectivity index (χ4v) is 2.74. The number of anilines is 1. The van der Waals surface area contributed by atoms with E-state index in [1.54, 1.807) is 7.11 Å². The molecule has 0 aliphatic rings. The van der Waals surface area contributed by atoms with Gasteiger partial charge in [-0.25, -0.2) is 0 Å². The fourth-order valence-electron chi connectivity index (χ4n) is 1.97. The molecule has 0 spiro atoms. The van der Waals surface area contributed by atoms with Gasteiger partial charge in [0, 0.05) is 18.8 Å². The quantitative estimate of drug-likeness (QED) is 0.877. The lowest BCUT2D eigenvalue weighted by Gasteiger charge is -2.10. The largest absolute Gasteiger partial charge is 0.495 e. The van der Waals surface area contributed by atoms with Crippen molar-refractivity contribution in [3.63, 3.8) is 0 Å². The monoisotopic (exact) mass is 357 g/mol. The lowest BCUT2D eigenvalue weighted by Crippen LogP contribution is -2.06. The number of nitrogens with one attached hydrogen (secondary N) is 1. The minimum Gasteiger partial charge on any atom is -0.495 e. The summed E-state index contributed by atoms with van der Waals surface area (Å²) in [6.07, 6.45) is 0.832. The first kappa shape index (κ1) is 15.2. The maximum atomic E-state index is 6.32. The van der Waals surface area contributed by atoms with Crippen LogP contribution in [-0.2, 0) is 20.0 Å². The van der Waals surface area contributed by atoms with Crippen molar-refractivity contribution in [3.05, 3.63) is 39.1 Å². The van der Waals surface area contributed by atoms with Crippen LogP contribution in [0.2, 0.25) is 5.02 Å². The molecule has 0 bridgehead atoms. The van der Waals surface area contributed by atoms with Crippen LogP contribution in [0.5, 0.6) is 5.75 Å². The van der Waals surface area contributed by atoms with Crippen molar-refractivity contribution in [2.45, 2.75) is 19.9 Å². The van der Waals surface area contributed by atoms with Crippen LogP contribution in [0.1, 0.15) is 18.3 Å². The second kappa shape index (κ2) is 6.50. The third kappa shape index (κ3) is 3.10. The van der Waals surface area contributed by atoms with Gasteiger partial charge in [-0.2, -0.15) is 5.10 Å². The van der Waals surface area contributed by atoms with Crippen LogP contribution in [0.3, 0.4) is 0 Å². The molecule has 0 radical (unpaired) electrons. The Hall–Kier alpha value is -1.20. The number of aryl methyl sites for hydroxylation is 2. The summed E-state index contributed by atoms with van der Waals surface area (Å²) in [4.78, 5) is 0. The first-order valence-corrected chi connectivity index (χ1v) is 7.51. The van der Waals surface area contributed by atoms with E-state index in [0.29, 0.717) is 6.54 Å². The molecule has 0 aliphatic heterocycles. The average Bonchev–Trinajstić information content (AvgIpc) is 2.72. The van der Waals surface area contributed by atoms with E-state index in [1.807, 2.05) is 36.9 Å². The zero-order chi connectivity index (χ0) is 14.7.